The molecule has 0 heterocycles. The van der Waals surface area contributed by atoms with Crippen molar-refractivity contribution in [2.75, 3.05) is 23.4 Å². The summed E-state index contributed by atoms with van der Waals surface area (Å²) >= 11 is 1.80. The van der Waals surface area contributed by atoms with Gasteiger partial charge >= 0.3 is 0 Å². The van der Waals surface area contributed by atoms with Crippen molar-refractivity contribution in [2.24, 2.45) is 10.7 Å². The van der Waals surface area contributed by atoms with E-state index in [0.717, 1.165) is 23.7 Å². The van der Waals surface area contributed by atoms with Crippen LogP contribution in [-0.2, 0) is 0 Å². The Labute approximate surface area is 137 Å². The molecule has 0 aromatic heterocycles. The molecule has 0 atom stereocenters. The van der Waals surface area contributed by atoms with Gasteiger partial charge < -0.3 is 11.1 Å². The van der Waals surface area contributed by atoms with Crippen molar-refractivity contribution in [1.29, 1.82) is 0 Å². The molecule has 1 aromatic carbocycles. The Bertz CT molecular complexity index is 433. The number of thioether (sulfide) groups is 1. The minimum absolute atomic E-state index is 0. The molecule has 5 heteroatoms. The van der Waals surface area contributed by atoms with Gasteiger partial charge in [0.1, 0.15) is 0 Å². The smallest absolute Gasteiger partial charge is 0.193 e. The van der Waals surface area contributed by atoms with Gasteiger partial charge in [-0.15, -0.1) is 30.6 Å². The normalized spacial score (nSPS) is 10.7. The number of halogens is 1. The van der Waals surface area contributed by atoms with Crippen LogP contribution in [0.15, 0.2) is 35.8 Å². The predicted octanol–water partition coefficient (Wildman–Crippen LogP) is 3.57. The fraction of sp³-hybridized carbons (Fsp3) is 0.357. The van der Waals surface area contributed by atoms with E-state index in [1.807, 2.05) is 12.1 Å². The lowest BCUT2D eigenvalue weighted by Crippen LogP contribution is -2.23. The average Bonchev–Trinajstić information content (AvgIpc) is 2.34. The van der Waals surface area contributed by atoms with Crippen LogP contribution in [0.3, 0.4) is 0 Å². The highest BCUT2D eigenvalue weighted by atomic mass is 127. The SMILES string of the molecule is C=CCSCCN=C(N)Nc1ccc(C)c(C)c1.I. The third-order valence-corrected chi connectivity index (χ3v) is 3.48. The Morgan fingerprint density at radius 2 is 2.16 bits per heavy atom. The van der Waals surface area contributed by atoms with Crippen LogP contribution >= 0.6 is 35.7 Å². The Kier molecular flexibility index (Phi) is 9.77. The van der Waals surface area contributed by atoms with E-state index in [0.29, 0.717) is 5.96 Å². The largest absolute Gasteiger partial charge is 0.370 e. The standard InChI is InChI=1S/C14H21N3S.HI/c1-4-8-18-9-7-16-14(15)17-13-6-5-11(2)12(3)10-13;/h4-6,10H,1,7-9H2,2-3H3,(H3,15,16,17);1H. The van der Waals surface area contributed by atoms with Crippen molar-refractivity contribution in [3.63, 3.8) is 0 Å². The summed E-state index contributed by atoms with van der Waals surface area (Å²) < 4.78 is 0. The van der Waals surface area contributed by atoms with Gasteiger partial charge in [0, 0.05) is 17.2 Å². The van der Waals surface area contributed by atoms with E-state index in [1.54, 1.807) is 11.8 Å². The van der Waals surface area contributed by atoms with Crippen LogP contribution < -0.4 is 11.1 Å². The first kappa shape index (κ1) is 18.3. The molecule has 1 rings (SSSR count). The third-order valence-electron chi connectivity index (χ3n) is 2.53. The van der Waals surface area contributed by atoms with Crippen LogP contribution in [0.25, 0.3) is 0 Å². The number of nitrogens with zero attached hydrogens (tertiary/aromatic N) is 1. The molecule has 0 fully saturated rings. The molecule has 0 unspecified atom stereocenters. The van der Waals surface area contributed by atoms with E-state index in [2.05, 4.69) is 42.9 Å². The van der Waals surface area contributed by atoms with Crippen LogP contribution in [0.4, 0.5) is 5.69 Å². The summed E-state index contributed by atoms with van der Waals surface area (Å²) in [6.45, 7) is 8.57. The van der Waals surface area contributed by atoms with Crippen LogP contribution in [0.2, 0.25) is 0 Å². The monoisotopic (exact) mass is 391 g/mol. The summed E-state index contributed by atoms with van der Waals surface area (Å²) in [4.78, 5) is 4.27. The second kappa shape index (κ2) is 10.1. The number of anilines is 1. The molecule has 0 aliphatic heterocycles. The second-order valence-corrected chi connectivity index (χ2v) is 5.20. The predicted molar refractivity (Wildman–Crippen MR) is 99.0 cm³/mol. The van der Waals surface area contributed by atoms with Crippen molar-refractivity contribution in [2.45, 2.75) is 13.8 Å². The van der Waals surface area contributed by atoms with E-state index in [-0.39, 0.29) is 24.0 Å². The van der Waals surface area contributed by atoms with Gasteiger partial charge in [0.25, 0.3) is 0 Å². The van der Waals surface area contributed by atoms with Crippen LogP contribution in [-0.4, -0.2) is 24.0 Å². The quantitative estimate of drug-likeness (QED) is 0.256. The maximum absolute atomic E-state index is 5.82. The lowest BCUT2D eigenvalue weighted by molar-refractivity contribution is 1.13. The first-order valence-electron chi connectivity index (χ1n) is 5.96. The Morgan fingerprint density at radius 3 is 2.79 bits per heavy atom. The first-order chi connectivity index (χ1) is 8.63. The number of benzene rings is 1. The summed E-state index contributed by atoms with van der Waals surface area (Å²) in [6.07, 6.45) is 1.89. The third kappa shape index (κ3) is 7.47. The van der Waals surface area contributed by atoms with Crippen molar-refractivity contribution in [3.8, 4) is 0 Å². The Hall–Kier alpha value is -0.690. The highest BCUT2D eigenvalue weighted by molar-refractivity contribution is 14.0. The molecule has 0 amide bonds. The fourth-order valence-electron chi connectivity index (χ4n) is 1.40. The molecule has 0 spiro atoms. The lowest BCUT2D eigenvalue weighted by Gasteiger charge is -2.08. The summed E-state index contributed by atoms with van der Waals surface area (Å²) in [5, 5.41) is 3.10. The van der Waals surface area contributed by atoms with Crippen molar-refractivity contribution in [3.05, 3.63) is 42.0 Å². The van der Waals surface area contributed by atoms with Gasteiger partial charge in [-0.2, -0.15) is 11.8 Å². The van der Waals surface area contributed by atoms with Gasteiger partial charge in [-0.25, -0.2) is 0 Å². The molecule has 0 saturated heterocycles. The summed E-state index contributed by atoms with van der Waals surface area (Å²) in [5.41, 5.74) is 9.32. The summed E-state index contributed by atoms with van der Waals surface area (Å²) in [5.74, 6) is 2.39. The number of hydrogen-bond donors (Lipinski definition) is 2. The molecule has 3 N–H and O–H groups in total. The second-order valence-electron chi connectivity index (χ2n) is 4.05. The van der Waals surface area contributed by atoms with Gasteiger partial charge in [-0.05, 0) is 37.1 Å². The minimum atomic E-state index is 0. The number of nitrogens with two attached hydrogens (primary N) is 1. The van der Waals surface area contributed by atoms with Gasteiger partial charge in [0.15, 0.2) is 5.96 Å². The number of hydrogen-bond acceptors (Lipinski definition) is 2. The van der Waals surface area contributed by atoms with Crippen LogP contribution in [0, 0.1) is 13.8 Å². The topological polar surface area (TPSA) is 50.4 Å². The minimum Gasteiger partial charge on any atom is -0.370 e. The van der Waals surface area contributed by atoms with E-state index in [1.165, 1.54) is 11.1 Å². The Balaban J connectivity index is 0.00000324. The highest BCUT2D eigenvalue weighted by Gasteiger charge is 1.97. The molecule has 0 aliphatic carbocycles. The zero-order chi connectivity index (χ0) is 13.4. The van der Waals surface area contributed by atoms with E-state index in [4.69, 9.17) is 5.73 Å². The molecular weight excluding hydrogens is 369 g/mol. The van der Waals surface area contributed by atoms with Crippen molar-refractivity contribution in [1.82, 2.24) is 0 Å². The van der Waals surface area contributed by atoms with Crippen molar-refractivity contribution >= 4 is 47.4 Å². The molecular formula is C14H22IN3S. The number of nitrogens with one attached hydrogen (secondary N) is 1. The number of guanidine groups is 1. The zero-order valence-electron chi connectivity index (χ0n) is 11.5. The Morgan fingerprint density at radius 1 is 1.42 bits per heavy atom. The number of aliphatic imine (C=N–C) groups is 1. The summed E-state index contributed by atoms with van der Waals surface area (Å²) in [7, 11) is 0. The van der Waals surface area contributed by atoms with Crippen molar-refractivity contribution < 1.29 is 0 Å². The lowest BCUT2D eigenvalue weighted by atomic mass is 10.1. The molecule has 0 radical (unpaired) electrons. The van der Waals surface area contributed by atoms with E-state index in [9.17, 15) is 0 Å². The molecule has 3 nitrogen and oxygen atoms in total. The molecule has 1 aromatic rings. The maximum atomic E-state index is 5.82. The number of rotatable bonds is 6. The molecule has 106 valence electrons. The van der Waals surface area contributed by atoms with Gasteiger partial charge in [-0.1, -0.05) is 12.1 Å². The summed E-state index contributed by atoms with van der Waals surface area (Å²) in [6, 6.07) is 6.16. The zero-order valence-corrected chi connectivity index (χ0v) is 14.6. The van der Waals surface area contributed by atoms with E-state index >= 15 is 0 Å². The highest BCUT2D eigenvalue weighted by Crippen LogP contribution is 2.13. The molecule has 0 saturated carbocycles. The van der Waals surface area contributed by atoms with Gasteiger partial charge in [0.05, 0.1) is 6.54 Å². The first-order valence-corrected chi connectivity index (χ1v) is 7.12. The van der Waals surface area contributed by atoms with Crippen LogP contribution in [0.5, 0.6) is 0 Å². The maximum Gasteiger partial charge on any atom is 0.193 e. The van der Waals surface area contributed by atoms with Gasteiger partial charge in [0.2, 0.25) is 0 Å². The van der Waals surface area contributed by atoms with Crippen LogP contribution in [0.1, 0.15) is 11.1 Å². The molecule has 19 heavy (non-hydrogen) atoms. The fourth-order valence-corrected chi connectivity index (χ4v) is 1.96. The number of aryl methyl sites for hydroxylation is 2. The average molecular weight is 391 g/mol. The van der Waals surface area contributed by atoms with E-state index < -0.39 is 0 Å². The molecule has 0 bridgehead atoms. The van der Waals surface area contributed by atoms with Gasteiger partial charge in [-0.3, -0.25) is 4.99 Å². The molecule has 0 aliphatic rings.